The summed E-state index contributed by atoms with van der Waals surface area (Å²) >= 11 is 11.6. The molecule has 0 unspecified atom stereocenters. The molecule has 2 aromatic rings. The Kier molecular flexibility index (Phi) is 9.13. The monoisotopic (exact) mass is 539 g/mol. The molecule has 0 heterocycles. The standard InChI is InChI=1S/C23H17Cl2F6NO3/c1-12-6-13(2-3-17(12)19(33)4-5-21(35)32-11-22(26,27)28)20(34)10-18(23(29,30)31)14-7-15(24)9-16(25)8-14/h2-3,6-10H,4-5,11H2,1H3,(H,32,35)/b18-10-. The summed E-state index contributed by atoms with van der Waals surface area (Å²) in [4.78, 5) is 36.4. The van der Waals surface area contributed by atoms with Crippen LogP contribution in [-0.4, -0.2) is 36.4 Å². The van der Waals surface area contributed by atoms with Crippen LogP contribution >= 0.6 is 23.2 Å². The number of amides is 1. The molecule has 4 nitrogen and oxygen atoms in total. The normalized spacial score (nSPS) is 12.4. The minimum atomic E-state index is -4.90. The number of hydrogen-bond acceptors (Lipinski definition) is 3. The second-order valence-corrected chi connectivity index (χ2v) is 8.30. The molecule has 0 saturated carbocycles. The molecule has 0 aliphatic rings. The maximum absolute atomic E-state index is 13.6. The minimum Gasteiger partial charge on any atom is -0.347 e. The molecule has 1 N–H and O–H groups in total. The number of hydrogen-bond donors (Lipinski definition) is 1. The number of carbonyl (C=O) groups is 3. The maximum Gasteiger partial charge on any atom is 0.417 e. The van der Waals surface area contributed by atoms with Crippen LogP contribution in [0.25, 0.3) is 5.57 Å². The van der Waals surface area contributed by atoms with Crippen LogP contribution in [0.2, 0.25) is 10.0 Å². The van der Waals surface area contributed by atoms with Crippen LogP contribution in [-0.2, 0) is 4.79 Å². The lowest BCUT2D eigenvalue weighted by Crippen LogP contribution is -2.33. The summed E-state index contributed by atoms with van der Waals surface area (Å²) < 4.78 is 77.2. The van der Waals surface area contributed by atoms with Gasteiger partial charge in [0.15, 0.2) is 11.6 Å². The van der Waals surface area contributed by atoms with Crippen molar-refractivity contribution in [2.24, 2.45) is 0 Å². The van der Waals surface area contributed by atoms with Crippen LogP contribution in [0.1, 0.15) is 44.7 Å². The SMILES string of the molecule is Cc1cc(C(=O)/C=C(/c2cc(Cl)cc(Cl)c2)C(F)(F)F)ccc1C(=O)CCC(=O)NCC(F)(F)F. The zero-order valence-corrected chi connectivity index (χ0v) is 19.4. The summed E-state index contributed by atoms with van der Waals surface area (Å²) in [5.74, 6) is -2.54. The van der Waals surface area contributed by atoms with Gasteiger partial charge in [0.25, 0.3) is 0 Å². The molecule has 0 spiro atoms. The Hall–Kier alpha value is -2.85. The van der Waals surface area contributed by atoms with E-state index in [4.69, 9.17) is 23.2 Å². The lowest BCUT2D eigenvalue weighted by Gasteiger charge is -2.13. The van der Waals surface area contributed by atoms with Gasteiger partial charge in [-0.2, -0.15) is 26.3 Å². The van der Waals surface area contributed by atoms with Crippen molar-refractivity contribution in [2.75, 3.05) is 6.54 Å². The van der Waals surface area contributed by atoms with E-state index in [-0.39, 0.29) is 26.7 Å². The molecule has 2 rings (SSSR count). The van der Waals surface area contributed by atoms with E-state index in [2.05, 4.69) is 0 Å². The Morgan fingerprint density at radius 1 is 0.886 bits per heavy atom. The van der Waals surface area contributed by atoms with Gasteiger partial charge in [0.1, 0.15) is 6.54 Å². The molecular formula is C23H17Cl2F6NO3. The number of aryl methyl sites for hydroxylation is 1. The predicted octanol–water partition coefficient (Wildman–Crippen LogP) is 6.77. The number of alkyl halides is 6. The Morgan fingerprint density at radius 2 is 1.49 bits per heavy atom. The van der Waals surface area contributed by atoms with Crippen molar-refractivity contribution in [3.05, 3.63) is 74.8 Å². The van der Waals surface area contributed by atoms with Gasteiger partial charge in [0, 0.05) is 34.0 Å². The highest BCUT2D eigenvalue weighted by Crippen LogP contribution is 2.36. The van der Waals surface area contributed by atoms with Crippen LogP contribution in [0.4, 0.5) is 26.3 Å². The summed E-state index contributed by atoms with van der Waals surface area (Å²) in [5, 5.41) is 1.53. The van der Waals surface area contributed by atoms with E-state index in [1.807, 2.05) is 0 Å². The molecule has 0 radical (unpaired) electrons. The highest BCUT2D eigenvalue weighted by molar-refractivity contribution is 6.35. The number of nitrogens with one attached hydrogen (secondary N) is 1. The van der Waals surface area contributed by atoms with Crippen LogP contribution in [0.5, 0.6) is 0 Å². The molecule has 35 heavy (non-hydrogen) atoms. The van der Waals surface area contributed by atoms with Gasteiger partial charge < -0.3 is 5.32 Å². The van der Waals surface area contributed by atoms with E-state index < -0.39 is 60.3 Å². The molecule has 0 aliphatic heterocycles. The Balaban J connectivity index is 2.21. The van der Waals surface area contributed by atoms with E-state index >= 15 is 0 Å². The van der Waals surface area contributed by atoms with E-state index in [0.29, 0.717) is 6.08 Å². The van der Waals surface area contributed by atoms with Crippen molar-refractivity contribution in [1.29, 1.82) is 0 Å². The van der Waals surface area contributed by atoms with Crippen molar-refractivity contribution >= 4 is 46.2 Å². The molecular weight excluding hydrogens is 523 g/mol. The third-order valence-corrected chi connectivity index (χ3v) is 5.07. The predicted molar refractivity (Wildman–Crippen MR) is 119 cm³/mol. The summed E-state index contributed by atoms with van der Waals surface area (Å²) in [6.45, 7) is -0.0937. The first-order valence-electron chi connectivity index (χ1n) is 9.84. The van der Waals surface area contributed by atoms with E-state index in [9.17, 15) is 40.7 Å². The number of rotatable bonds is 8. The largest absolute Gasteiger partial charge is 0.417 e. The van der Waals surface area contributed by atoms with E-state index in [1.165, 1.54) is 25.1 Å². The van der Waals surface area contributed by atoms with Gasteiger partial charge in [-0.05, 0) is 48.4 Å². The van der Waals surface area contributed by atoms with E-state index in [0.717, 1.165) is 18.2 Å². The summed E-state index contributed by atoms with van der Waals surface area (Å²) in [5.41, 5.74) is -1.50. The first-order valence-corrected chi connectivity index (χ1v) is 10.6. The van der Waals surface area contributed by atoms with E-state index in [1.54, 1.807) is 5.32 Å². The van der Waals surface area contributed by atoms with Gasteiger partial charge in [0.05, 0.1) is 5.57 Å². The topological polar surface area (TPSA) is 63.2 Å². The highest BCUT2D eigenvalue weighted by atomic mass is 35.5. The fraction of sp³-hybridized carbons (Fsp3) is 0.261. The number of Topliss-reactive ketones (excluding diaryl/α,β-unsaturated/α-hetero) is 1. The molecule has 0 saturated heterocycles. The molecule has 188 valence electrons. The van der Waals surface area contributed by atoms with Crippen molar-refractivity contribution in [1.82, 2.24) is 5.32 Å². The summed E-state index contributed by atoms with van der Waals surface area (Å²) in [7, 11) is 0. The molecule has 12 heteroatoms. The number of carbonyl (C=O) groups excluding carboxylic acids is 3. The van der Waals surface area contributed by atoms with Crippen molar-refractivity contribution in [3.63, 3.8) is 0 Å². The third kappa shape index (κ3) is 8.70. The highest BCUT2D eigenvalue weighted by Gasteiger charge is 2.36. The average molecular weight is 540 g/mol. The maximum atomic E-state index is 13.6. The third-order valence-electron chi connectivity index (χ3n) is 4.63. The van der Waals surface area contributed by atoms with Gasteiger partial charge in [-0.25, -0.2) is 0 Å². The van der Waals surface area contributed by atoms with Crippen molar-refractivity contribution < 1.29 is 40.7 Å². The molecule has 0 aromatic heterocycles. The average Bonchev–Trinajstić information content (AvgIpc) is 2.72. The van der Waals surface area contributed by atoms with Crippen LogP contribution in [0, 0.1) is 6.92 Å². The zero-order chi connectivity index (χ0) is 26.6. The van der Waals surface area contributed by atoms with Gasteiger partial charge in [-0.1, -0.05) is 35.3 Å². The Morgan fingerprint density at radius 3 is 2.00 bits per heavy atom. The summed E-state index contributed by atoms with van der Waals surface area (Å²) in [6, 6.07) is 6.81. The second-order valence-electron chi connectivity index (χ2n) is 7.42. The Labute approximate surface area is 205 Å². The van der Waals surface area contributed by atoms with Crippen molar-refractivity contribution in [2.45, 2.75) is 32.1 Å². The molecule has 0 atom stereocenters. The zero-order valence-electron chi connectivity index (χ0n) is 17.9. The number of halogens is 8. The second kappa shape index (κ2) is 11.3. The van der Waals surface area contributed by atoms with Gasteiger partial charge in [-0.15, -0.1) is 0 Å². The molecule has 0 bridgehead atoms. The Bertz CT molecular complexity index is 1150. The van der Waals surface area contributed by atoms with Gasteiger partial charge >= 0.3 is 12.4 Å². The molecule has 2 aromatic carbocycles. The molecule has 1 amide bonds. The fourth-order valence-electron chi connectivity index (χ4n) is 3.03. The van der Waals surface area contributed by atoms with Crippen molar-refractivity contribution in [3.8, 4) is 0 Å². The summed E-state index contributed by atoms with van der Waals surface area (Å²) in [6.07, 6.45) is -9.98. The van der Waals surface area contributed by atoms with Crippen LogP contribution in [0.3, 0.4) is 0 Å². The molecule has 0 aliphatic carbocycles. The number of allylic oxidation sites excluding steroid dienone is 2. The van der Waals surface area contributed by atoms with Crippen LogP contribution in [0.15, 0.2) is 42.5 Å². The minimum absolute atomic E-state index is 0.0547. The quantitative estimate of drug-likeness (QED) is 0.228. The first kappa shape index (κ1) is 28.4. The first-order chi connectivity index (χ1) is 16.1. The van der Waals surface area contributed by atoms with Crippen LogP contribution < -0.4 is 5.32 Å². The van der Waals surface area contributed by atoms with Gasteiger partial charge in [0.2, 0.25) is 5.91 Å². The fourth-order valence-corrected chi connectivity index (χ4v) is 3.56. The number of benzene rings is 2. The smallest absolute Gasteiger partial charge is 0.347 e. The molecule has 0 fully saturated rings. The lowest BCUT2D eigenvalue weighted by atomic mass is 9.96. The lowest BCUT2D eigenvalue weighted by molar-refractivity contribution is -0.138. The number of ketones is 2. The van der Waals surface area contributed by atoms with Gasteiger partial charge in [-0.3, -0.25) is 14.4 Å².